The van der Waals surface area contributed by atoms with Gasteiger partial charge in [-0.05, 0) is 46.0 Å². The van der Waals surface area contributed by atoms with Gasteiger partial charge in [0.1, 0.15) is 0 Å². The third kappa shape index (κ3) is 4.69. The number of nitrogens with zero attached hydrogens (tertiary/aromatic N) is 6. The van der Waals surface area contributed by atoms with Crippen LogP contribution in [-0.2, 0) is 17.8 Å². The average Bonchev–Trinajstić information content (AvgIpc) is 3.07. The molecule has 0 bridgehead atoms. The van der Waals surface area contributed by atoms with E-state index < -0.39 is 0 Å². The number of nitrogens with one attached hydrogen (secondary N) is 1. The summed E-state index contributed by atoms with van der Waals surface area (Å²) in [5, 5.41) is 5.07. The summed E-state index contributed by atoms with van der Waals surface area (Å²) >= 11 is 0. The second-order valence-electron chi connectivity index (χ2n) is 9.63. The highest BCUT2D eigenvalue weighted by molar-refractivity contribution is 5.65. The first kappa shape index (κ1) is 23.9. The first-order valence-electron chi connectivity index (χ1n) is 12.3. The SMILES string of the molecule is COc1ccc(-n2nc(-c3ccnc([C@H](C)N4C[C@@H](C)N(C)[C@@H](C)C4)c3)c3c2CNOCC3)cn1. The Morgan fingerprint density at radius 3 is 2.66 bits per heavy atom. The van der Waals surface area contributed by atoms with Crippen LogP contribution in [0.3, 0.4) is 0 Å². The van der Waals surface area contributed by atoms with E-state index in [1.54, 1.807) is 13.3 Å². The van der Waals surface area contributed by atoms with Crippen LogP contribution in [0.15, 0.2) is 36.7 Å². The molecular weight excluding hydrogens is 442 g/mol. The van der Waals surface area contributed by atoms with Crippen LogP contribution in [0, 0.1) is 0 Å². The van der Waals surface area contributed by atoms with Gasteiger partial charge in [0.2, 0.25) is 5.88 Å². The summed E-state index contributed by atoms with van der Waals surface area (Å²) in [6.45, 7) is 10.1. The number of aromatic nitrogens is 4. The van der Waals surface area contributed by atoms with Crippen LogP contribution < -0.4 is 10.2 Å². The number of hydrogen-bond acceptors (Lipinski definition) is 8. The van der Waals surface area contributed by atoms with E-state index in [4.69, 9.17) is 19.7 Å². The van der Waals surface area contributed by atoms with Crippen LogP contribution in [0.1, 0.15) is 43.8 Å². The van der Waals surface area contributed by atoms with Gasteiger partial charge in [0, 0.05) is 61.0 Å². The second kappa shape index (κ2) is 10.0. The zero-order chi connectivity index (χ0) is 24.5. The molecule has 3 aromatic rings. The fraction of sp³-hybridized carbons (Fsp3) is 0.500. The lowest BCUT2D eigenvalue weighted by Crippen LogP contribution is -2.55. The van der Waals surface area contributed by atoms with Gasteiger partial charge in [-0.15, -0.1) is 0 Å². The second-order valence-corrected chi connectivity index (χ2v) is 9.63. The number of ether oxygens (including phenoxy) is 1. The summed E-state index contributed by atoms with van der Waals surface area (Å²) in [6.07, 6.45) is 4.48. The van der Waals surface area contributed by atoms with Crippen LogP contribution in [-0.4, -0.2) is 75.5 Å². The van der Waals surface area contributed by atoms with Gasteiger partial charge in [-0.1, -0.05) is 0 Å². The van der Waals surface area contributed by atoms with E-state index in [-0.39, 0.29) is 6.04 Å². The number of hydroxylamine groups is 1. The molecule has 9 nitrogen and oxygen atoms in total. The maximum Gasteiger partial charge on any atom is 0.213 e. The molecule has 1 N–H and O–H groups in total. The van der Waals surface area contributed by atoms with Gasteiger partial charge in [0.15, 0.2) is 0 Å². The molecule has 0 aromatic carbocycles. The Bertz CT molecular complexity index is 1150. The highest BCUT2D eigenvalue weighted by Crippen LogP contribution is 2.32. The Balaban J connectivity index is 1.50. The van der Waals surface area contributed by atoms with E-state index in [0.717, 1.165) is 47.8 Å². The van der Waals surface area contributed by atoms with E-state index in [1.807, 2.05) is 23.0 Å². The zero-order valence-electron chi connectivity index (χ0n) is 21.2. The largest absolute Gasteiger partial charge is 0.481 e. The molecule has 5 heterocycles. The summed E-state index contributed by atoms with van der Waals surface area (Å²) in [5.41, 5.74) is 9.34. The van der Waals surface area contributed by atoms with Gasteiger partial charge in [0.05, 0.1) is 49.2 Å². The number of fused-ring (bicyclic) bond motifs is 1. The molecule has 186 valence electrons. The van der Waals surface area contributed by atoms with Gasteiger partial charge in [-0.3, -0.25) is 14.8 Å². The molecule has 1 fully saturated rings. The molecule has 2 aliphatic heterocycles. The molecule has 0 amide bonds. The van der Waals surface area contributed by atoms with Crippen molar-refractivity contribution in [1.82, 2.24) is 35.0 Å². The molecule has 1 saturated heterocycles. The Morgan fingerprint density at radius 2 is 1.94 bits per heavy atom. The van der Waals surface area contributed by atoms with E-state index in [0.29, 0.717) is 31.1 Å². The summed E-state index contributed by atoms with van der Waals surface area (Å²) in [7, 11) is 3.84. The van der Waals surface area contributed by atoms with Gasteiger partial charge in [-0.25, -0.2) is 9.67 Å². The summed E-state index contributed by atoms with van der Waals surface area (Å²) < 4.78 is 7.19. The summed E-state index contributed by atoms with van der Waals surface area (Å²) in [4.78, 5) is 19.7. The maximum absolute atomic E-state index is 5.57. The molecule has 0 radical (unpaired) electrons. The van der Waals surface area contributed by atoms with Crippen molar-refractivity contribution in [2.45, 2.75) is 51.9 Å². The molecule has 0 saturated carbocycles. The predicted octanol–water partition coefficient (Wildman–Crippen LogP) is 3.00. The molecule has 0 aliphatic carbocycles. The van der Waals surface area contributed by atoms with Gasteiger partial charge in [-0.2, -0.15) is 10.6 Å². The van der Waals surface area contributed by atoms with Crippen LogP contribution in [0.5, 0.6) is 5.88 Å². The Morgan fingerprint density at radius 1 is 1.14 bits per heavy atom. The third-order valence-corrected chi connectivity index (χ3v) is 7.48. The van der Waals surface area contributed by atoms with Crippen LogP contribution >= 0.6 is 0 Å². The number of hydrogen-bond donors (Lipinski definition) is 1. The van der Waals surface area contributed by atoms with Crippen molar-refractivity contribution in [3.05, 3.63) is 53.6 Å². The third-order valence-electron chi connectivity index (χ3n) is 7.48. The minimum absolute atomic E-state index is 0.227. The zero-order valence-corrected chi connectivity index (χ0v) is 21.2. The fourth-order valence-corrected chi connectivity index (χ4v) is 5.11. The van der Waals surface area contributed by atoms with Crippen molar-refractivity contribution < 1.29 is 9.57 Å². The standard InChI is InChI=1S/C26H35N7O2/c1-17-15-32(16-18(2)31(17)4)19(3)23-12-20(8-10-27-23)26-22-9-11-35-29-14-24(22)33(30-26)21-6-7-25(34-5)28-13-21/h6-8,10,12-13,17-19,29H,9,11,14-16H2,1-5H3/t17-,18+,19-/m0/s1. The predicted molar refractivity (Wildman–Crippen MR) is 134 cm³/mol. The lowest BCUT2D eigenvalue weighted by atomic mass is 10.0. The maximum atomic E-state index is 5.57. The minimum atomic E-state index is 0.227. The molecule has 5 rings (SSSR count). The van der Waals surface area contributed by atoms with Crippen molar-refractivity contribution in [3.63, 3.8) is 0 Å². The van der Waals surface area contributed by atoms with Crippen molar-refractivity contribution >= 4 is 0 Å². The lowest BCUT2D eigenvalue weighted by molar-refractivity contribution is 0.0367. The molecule has 2 aliphatic rings. The lowest BCUT2D eigenvalue weighted by Gasteiger charge is -2.44. The first-order chi connectivity index (χ1) is 17.0. The number of likely N-dealkylation sites (N-methyl/N-ethyl adjacent to an activating group) is 1. The highest BCUT2D eigenvalue weighted by atomic mass is 16.6. The van der Waals surface area contributed by atoms with Crippen molar-refractivity contribution in [2.24, 2.45) is 0 Å². The van der Waals surface area contributed by atoms with Crippen LogP contribution in [0.2, 0.25) is 0 Å². The number of piperazine rings is 1. The molecule has 3 aromatic heterocycles. The van der Waals surface area contributed by atoms with Crippen molar-refractivity contribution in [3.8, 4) is 22.8 Å². The van der Waals surface area contributed by atoms with Gasteiger partial charge in [0.25, 0.3) is 0 Å². The fourth-order valence-electron chi connectivity index (χ4n) is 5.11. The van der Waals surface area contributed by atoms with E-state index in [2.05, 4.69) is 60.2 Å². The summed E-state index contributed by atoms with van der Waals surface area (Å²) in [5.74, 6) is 0.578. The molecular formula is C26H35N7O2. The smallest absolute Gasteiger partial charge is 0.213 e. The quantitative estimate of drug-likeness (QED) is 0.601. The molecule has 0 spiro atoms. The molecule has 0 unspecified atom stereocenters. The number of rotatable bonds is 5. The monoisotopic (exact) mass is 477 g/mol. The molecule has 9 heteroatoms. The number of pyridine rings is 2. The van der Waals surface area contributed by atoms with E-state index in [1.165, 1.54) is 5.56 Å². The van der Waals surface area contributed by atoms with E-state index >= 15 is 0 Å². The summed E-state index contributed by atoms with van der Waals surface area (Å²) in [6, 6.07) is 9.35. The average molecular weight is 478 g/mol. The first-order valence-corrected chi connectivity index (χ1v) is 12.3. The van der Waals surface area contributed by atoms with Gasteiger partial charge >= 0.3 is 0 Å². The van der Waals surface area contributed by atoms with Crippen molar-refractivity contribution in [1.29, 1.82) is 0 Å². The van der Waals surface area contributed by atoms with Crippen molar-refractivity contribution in [2.75, 3.05) is 33.9 Å². The normalized spacial score (nSPS) is 22.4. The Kier molecular flexibility index (Phi) is 6.84. The highest BCUT2D eigenvalue weighted by Gasteiger charge is 2.30. The number of methoxy groups -OCH3 is 1. The topological polar surface area (TPSA) is 80.6 Å². The Hall–Kier alpha value is -2.85. The van der Waals surface area contributed by atoms with Gasteiger partial charge < -0.3 is 9.57 Å². The molecule has 35 heavy (non-hydrogen) atoms. The van der Waals surface area contributed by atoms with E-state index in [9.17, 15) is 0 Å². The molecule has 3 atom stereocenters. The van der Waals surface area contributed by atoms with Crippen LogP contribution in [0.25, 0.3) is 16.9 Å². The Labute approximate surface area is 207 Å². The minimum Gasteiger partial charge on any atom is -0.481 e. The van der Waals surface area contributed by atoms with Crippen LogP contribution in [0.4, 0.5) is 0 Å².